The first kappa shape index (κ1) is 13.9. The van der Waals surface area contributed by atoms with Crippen molar-refractivity contribution in [3.05, 3.63) is 0 Å². The Hall–Kier alpha value is 0.440. The Bertz CT molecular complexity index is 221. The van der Waals surface area contributed by atoms with E-state index >= 15 is 0 Å². The van der Waals surface area contributed by atoms with Gasteiger partial charge in [0.25, 0.3) is 0 Å². The molecular formula is C15H27BrO. The zero-order valence-corrected chi connectivity index (χ0v) is 12.8. The van der Waals surface area contributed by atoms with Gasteiger partial charge in [0.05, 0.1) is 11.7 Å². The highest BCUT2D eigenvalue weighted by molar-refractivity contribution is 9.09. The lowest BCUT2D eigenvalue weighted by Gasteiger charge is -2.38. The second-order valence-electron chi connectivity index (χ2n) is 6.24. The summed E-state index contributed by atoms with van der Waals surface area (Å²) in [7, 11) is 0. The Labute approximate surface area is 115 Å². The molecule has 2 unspecified atom stereocenters. The van der Waals surface area contributed by atoms with E-state index in [1.807, 2.05) is 0 Å². The molecule has 2 saturated carbocycles. The van der Waals surface area contributed by atoms with Crippen LogP contribution in [0.1, 0.15) is 71.1 Å². The molecule has 0 N–H and O–H groups in total. The number of rotatable bonds is 3. The normalized spacial score (nSPS) is 34.2. The van der Waals surface area contributed by atoms with Crippen molar-refractivity contribution in [3.63, 3.8) is 0 Å². The Morgan fingerprint density at radius 2 is 1.76 bits per heavy atom. The topological polar surface area (TPSA) is 9.23 Å². The second-order valence-corrected chi connectivity index (χ2v) is 6.80. The average Bonchev–Trinajstić information content (AvgIpc) is 2.55. The molecule has 2 fully saturated rings. The number of halogens is 1. The van der Waals surface area contributed by atoms with E-state index in [0.29, 0.717) is 6.10 Å². The highest BCUT2D eigenvalue weighted by Crippen LogP contribution is 2.36. The van der Waals surface area contributed by atoms with Gasteiger partial charge in [0.2, 0.25) is 0 Å². The van der Waals surface area contributed by atoms with Crippen LogP contribution in [0.3, 0.4) is 0 Å². The van der Waals surface area contributed by atoms with E-state index < -0.39 is 0 Å². The van der Waals surface area contributed by atoms with Crippen LogP contribution in [0.5, 0.6) is 0 Å². The van der Waals surface area contributed by atoms with Crippen molar-refractivity contribution in [1.29, 1.82) is 0 Å². The van der Waals surface area contributed by atoms with Crippen molar-refractivity contribution < 1.29 is 4.74 Å². The van der Waals surface area contributed by atoms with Crippen LogP contribution >= 0.6 is 15.9 Å². The van der Waals surface area contributed by atoms with Gasteiger partial charge in [-0.2, -0.15) is 0 Å². The average molecular weight is 303 g/mol. The van der Waals surface area contributed by atoms with Crippen LogP contribution in [-0.2, 0) is 4.74 Å². The van der Waals surface area contributed by atoms with E-state index in [1.165, 1.54) is 64.2 Å². The summed E-state index contributed by atoms with van der Waals surface area (Å²) in [4.78, 5) is 0. The predicted molar refractivity (Wildman–Crippen MR) is 76.7 cm³/mol. The molecule has 2 rings (SSSR count). The standard InChI is InChI=1S/C15H27BrO/c1-13-7-6-8-14(11-13)17-15(12-16)9-4-2-3-5-10-15/h13-14H,2-12H2,1H3. The zero-order valence-electron chi connectivity index (χ0n) is 11.2. The monoisotopic (exact) mass is 302 g/mol. The number of hydrogen-bond donors (Lipinski definition) is 0. The van der Waals surface area contributed by atoms with Gasteiger partial charge in [-0.1, -0.05) is 61.4 Å². The van der Waals surface area contributed by atoms with Crippen molar-refractivity contribution in [2.24, 2.45) is 5.92 Å². The van der Waals surface area contributed by atoms with Gasteiger partial charge in [-0.15, -0.1) is 0 Å². The predicted octanol–water partition coefficient (Wildman–Crippen LogP) is 5.07. The smallest absolute Gasteiger partial charge is 0.0782 e. The Kier molecular flexibility index (Phi) is 5.35. The van der Waals surface area contributed by atoms with E-state index in [0.717, 1.165) is 11.2 Å². The van der Waals surface area contributed by atoms with Crippen molar-refractivity contribution >= 4 is 15.9 Å². The van der Waals surface area contributed by atoms with Crippen LogP contribution in [0, 0.1) is 5.92 Å². The summed E-state index contributed by atoms with van der Waals surface area (Å²) >= 11 is 3.72. The van der Waals surface area contributed by atoms with Crippen LogP contribution in [0.2, 0.25) is 0 Å². The maximum Gasteiger partial charge on any atom is 0.0782 e. The molecule has 0 bridgehead atoms. The Balaban J connectivity index is 1.92. The lowest BCUT2D eigenvalue weighted by Crippen LogP contribution is -2.39. The Morgan fingerprint density at radius 3 is 2.35 bits per heavy atom. The fourth-order valence-electron chi connectivity index (χ4n) is 3.49. The van der Waals surface area contributed by atoms with Crippen molar-refractivity contribution in [2.45, 2.75) is 82.8 Å². The molecule has 0 aromatic heterocycles. The summed E-state index contributed by atoms with van der Waals surface area (Å²) in [6.07, 6.45) is 13.9. The highest BCUT2D eigenvalue weighted by atomic mass is 79.9. The molecule has 2 atom stereocenters. The molecule has 2 heteroatoms. The molecule has 0 radical (unpaired) electrons. The summed E-state index contributed by atoms with van der Waals surface area (Å²) < 4.78 is 6.57. The van der Waals surface area contributed by atoms with Gasteiger partial charge in [-0.25, -0.2) is 0 Å². The first-order valence-electron chi connectivity index (χ1n) is 7.48. The van der Waals surface area contributed by atoms with Crippen molar-refractivity contribution in [1.82, 2.24) is 0 Å². The van der Waals surface area contributed by atoms with E-state index in [4.69, 9.17) is 4.74 Å². The summed E-state index contributed by atoms with van der Waals surface area (Å²) in [5.41, 5.74) is 0.165. The highest BCUT2D eigenvalue weighted by Gasteiger charge is 2.34. The van der Waals surface area contributed by atoms with Crippen LogP contribution in [0.4, 0.5) is 0 Å². The minimum Gasteiger partial charge on any atom is -0.371 e. The molecule has 17 heavy (non-hydrogen) atoms. The summed E-state index contributed by atoms with van der Waals surface area (Å²) in [5, 5.41) is 1.03. The first-order chi connectivity index (χ1) is 8.24. The maximum absolute atomic E-state index is 6.57. The third-order valence-electron chi connectivity index (χ3n) is 4.56. The second kappa shape index (κ2) is 6.56. The van der Waals surface area contributed by atoms with Gasteiger partial charge in [-0.3, -0.25) is 0 Å². The SMILES string of the molecule is CC1CCCC(OC2(CBr)CCCCCC2)C1. The van der Waals surface area contributed by atoms with Crippen LogP contribution in [0.25, 0.3) is 0 Å². The van der Waals surface area contributed by atoms with Gasteiger partial charge >= 0.3 is 0 Å². The lowest BCUT2D eigenvalue weighted by atomic mass is 9.87. The number of ether oxygens (including phenoxy) is 1. The molecule has 100 valence electrons. The molecule has 1 nitrogen and oxygen atoms in total. The van der Waals surface area contributed by atoms with E-state index in [9.17, 15) is 0 Å². The number of alkyl halides is 1. The maximum atomic E-state index is 6.57. The molecule has 0 aliphatic heterocycles. The Morgan fingerprint density at radius 1 is 1.06 bits per heavy atom. The van der Waals surface area contributed by atoms with Crippen LogP contribution < -0.4 is 0 Å². The fourth-order valence-corrected chi connectivity index (χ4v) is 4.19. The van der Waals surface area contributed by atoms with Crippen molar-refractivity contribution in [2.75, 3.05) is 5.33 Å². The molecular weight excluding hydrogens is 276 g/mol. The summed E-state index contributed by atoms with van der Waals surface area (Å²) in [5.74, 6) is 0.868. The van der Waals surface area contributed by atoms with E-state index in [2.05, 4.69) is 22.9 Å². The minimum absolute atomic E-state index is 0.165. The first-order valence-corrected chi connectivity index (χ1v) is 8.60. The van der Waals surface area contributed by atoms with Crippen LogP contribution in [0.15, 0.2) is 0 Å². The van der Waals surface area contributed by atoms with E-state index in [-0.39, 0.29) is 5.60 Å². The molecule has 0 heterocycles. The molecule has 0 aromatic carbocycles. The number of hydrogen-bond acceptors (Lipinski definition) is 1. The minimum atomic E-state index is 0.165. The molecule has 2 aliphatic carbocycles. The zero-order chi connectivity index (χ0) is 12.1. The third-order valence-corrected chi connectivity index (χ3v) is 5.59. The van der Waals surface area contributed by atoms with Gasteiger partial charge in [0.1, 0.15) is 0 Å². The fraction of sp³-hybridized carbons (Fsp3) is 1.00. The summed E-state index contributed by atoms with van der Waals surface area (Å²) in [6, 6.07) is 0. The van der Waals surface area contributed by atoms with E-state index in [1.54, 1.807) is 0 Å². The molecule has 0 aromatic rings. The van der Waals surface area contributed by atoms with Gasteiger partial charge in [0.15, 0.2) is 0 Å². The van der Waals surface area contributed by atoms with Crippen LogP contribution in [-0.4, -0.2) is 17.0 Å². The quantitative estimate of drug-likeness (QED) is 0.522. The van der Waals surface area contributed by atoms with Crippen molar-refractivity contribution in [3.8, 4) is 0 Å². The largest absolute Gasteiger partial charge is 0.371 e. The van der Waals surface area contributed by atoms with Gasteiger partial charge in [-0.05, 0) is 31.6 Å². The molecule has 2 aliphatic rings. The molecule has 0 saturated heterocycles. The lowest BCUT2D eigenvalue weighted by molar-refractivity contribution is -0.104. The molecule has 0 amide bonds. The molecule has 0 spiro atoms. The van der Waals surface area contributed by atoms with Gasteiger partial charge in [0, 0.05) is 5.33 Å². The van der Waals surface area contributed by atoms with Gasteiger partial charge < -0.3 is 4.74 Å². The third kappa shape index (κ3) is 3.96. The summed E-state index contributed by atoms with van der Waals surface area (Å²) in [6.45, 7) is 2.38.